The predicted molar refractivity (Wildman–Crippen MR) is 73.4 cm³/mol. The van der Waals surface area contributed by atoms with Crippen molar-refractivity contribution in [1.82, 2.24) is 15.1 Å². The average molecular weight is 239 g/mol. The number of hydrogen-bond donors (Lipinski definition) is 1. The molecular weight excluding hydrogens is 210 g/mol. The zero-order chi connectivity index (χ0) is 12.3. The molecule has 2 aliphatic rings. The highest BCUT2D eigenvalue weighted by Gasteiger charge is 2.26. The van der Waals surface area contributed by atoms with Crippen molar-refractivity contribution in [2.45, 2.75) is 39.2 Å². The Morgan fingerprint density at radius 2 is 1.59 bits per heavy atom. The largest absolute Gasteiger partial charge is 0.311 e. The molecule has 1 saturated heterocycles. The van der Waals surface area contributed by atoms with Crippen LogP contribution in [0.5, 0.6) is 0 Å². The van der Waals surface area contributed by atoms with Gasteiger partial charge in [-0.25, -0.2) is 0 Å². The van der Waals surface area contributed by atoms with E-state index in [9.17, 15) is 0 Å². The molecule has 0 aromatic rings. The van der Waals surface area contributed by atoms with Gasteiger partial charge in [0.25, 0.3) is 0 Å². The first kappa shape index (κ1) is 13.3. The molecule has 100 valence electrons. The van der Waals surface area contributed by atoms with Gasteiger partial charge in [-0.1, -0.05) is 0 Å². The molecule has 2 fully saturated rings. The van der Waals surface area contributed by atoms with Crippen LogP contribution in [-0.2, 0) is 0 Å². The van der Waals surface area contributed by atoms with Crippen LogP contribution < -0.4 is 5.32 Å². The Kier molecular flexibility index (Phi) is 4.45. The maximum Gasteiger partial charge on any atom is 0.0110 e. The first-order valence-electron chi connectivity index (χ1n) is 7.23. The van der Waals surface area contributed by atoms with E-state index in [1.807, 2.05) is 0 Å². The van der Waals surface area contributed by atoms with Gasteiger partial charge in [0, 0.05) is 51.4 Å². The maximum atomic E-state index is 3.57. The summed E-state index contributed by atoms with van der Waals surface area (Å²) < 4.78 is 0. The van der Waals surface area contributed by atoms with Crippen LogP contribution in [0.4, 0.5) is 0 Å². The second-order valence-electron chi connectivity index (χ2n) is 6.76. The number of rotatable bonds is 5. The van der Waals surface area contributed by atoms with Crippen LogP contribution in [0.15, 0.2) is 0 Å². The van der Waals surface area contributed by atoms with Crippen molar-refractivity contribution in [2.24, 2.45) is 5.92 Å². The van der Waals surface area contributed by atoms with E-state index in [1.165, 1.54) is 52.1 Å². The molecule has 0 radical (unpaired) electrons. The van der Waals surface area contributed by atoms with E-state index in [1.54, 1.807) is 0 Å². The lowest BCUT2D eigenvalue weighted by molar-refractivity contribution is 0.127. The van der Waals surface area contributed by atoms with E-state index in [2.05, 4.69) is 35.9 Å². The summed E-state index contributed by atoms with van der Waals surface area (Å²) in [7, 11) is 0. The summed E-state index contributed by atoms with van der Waals surface area (Å²) in [5.41, 5.74) is 0.258. The van der Waals surface area contributed by atoms with Crippen molar-refractivity contribution in [3.8, 4) is 0 Å². The third-order valence-electron chi connectivity index (χ3n) is 3.76. The molecule has 1 N–H and O–H groups in total. The molecule has 2 rings (SSSR count). The molecule has 0 aromatic heterocycles. The molecule has 3 heteroatoms. The zero-order valence-electron chi connectivity index (χ0n) is 11.8. The van der Waals surface area contributed by atoms with E-state index >= 15 is 0 Å². The Morgan fingerprint density at radius 3 is 2.12 bits per heavy atom. The van der Waals surface area contributed by atoms with Crippen LogP contribution in [-0.4, -0.2) is 61.2 Å². The molecule has 1 aliphatic carbocycles. The molecule has 0 amide bonds. The minimum Gasteiger partial charge on any atom is -0.311 e. The topological polar surface area (TPSA) is 18.5 Å². The standard InChI is InChI=1S/C14H29N3/c1-14(2,3)15-6-7-16-8-10-17(11-9-16)12-13-4-5-13/h13,15H,4-12H2,1-3H3. The molecular formula is C14H29N3. The predicted octanol–water partition coefficient (Wildman–Crippen LogP) is 1.40. The van der Waals surface area contributed by atoms with Crippen LogP contribution in [0.2, 0.25) is 0 Å². The average Bonchev–Trinajstić information content (AvgIpc) is 3.03. The Labute approximate surface area is 107 Å². The summed E-state index contributed by atoms with van der Waals surface area (Å²) >= 11 is 0. The van der Waals surface area contributed by atoms with E-state index in [4.69, 9.17) is 0 Å². The highest BCUT2D eigenvalue weighted by Crippen LogP contribution is 2.29. The SMILES string of the molecule is CC(C)(C)NCCN1CCN(CC2CC2)CC1. The number of nitrogens with one attached hydrogen (secondary N) is 1. The Balaban J connectivity index is 1.55. The third-order valence-corrected chi connectivity index (χ3v) is 3.76. The van der Waals surface area contributed by atoms with E-state index in [0.29, 0.717) is 0 Å². The zero-order valence-corrected chi connectivity index (χ0v) is 11.8. The smallest absolute Gasteiger partial charge is 0.0110 e. The lowest BCUT2D eigenvalue weighted by atomic mass is 10.1. The molecule has 1 saturated carbocycles. The fourth-order valence-corrected chi connectivity index (χ4v) is 2.45. The van der Waals surface area contributed by atoms with Gasteiger partial charge in [-0.15, -0.1) is 0 Å². The van der Waals surface area contributed by atoms with Gasteiger partial charge in [0.05, 0.1) is 0 Å². The van der Waals surface area contributed by atoms with Crippen LogP contribution >= 0.6 is 0 Å². The van der Waals surface area contributed by atoms with Crippen molar-refractivity contribution in [3.05, 3.63) is 0 Å². The second-order valence-corrected chi connectivity index (χ2v) is 6.76. The van der Waals surface area contributed by atoms with E-state index in [0.717, 1.165) is 12.5 Å². The molecule has 17 heavy (non-hydrogen) atoms. The summed E-state index contributed by atoms with van der Waals surface area (Å²) in [5.74, 6) is 1.05. The molecule has 1 aliphatic heterocycles. The number of nitrogens with zero attached hydrogens (tertiary/aromatic N) is 2. The van der Waals surface area contributed by atoms with Crippen molar-refractivity contribution in [2.75, 3.05) is 45.8 Å². The molecule has 0 spiro atoms. The Hall–Kier alpha value is -0.120. The quantitative estimate of drug-likeness (QED) is 0.782. The fraction of sp³-hybridized carbons (Fsp3) is 1.00. The fourth-order valence-electron chi connectivity index (χ4n) is 2.45. The molecule has 1 heterocycles. The Morgan fingerprint density at radius 1 is 1.00 bits per heavy atom. The number of hydrogen-bond acceptors (Lipinski definition) is 3. The highest BCUT2D eigenvalue weighted by atomic mass is 15.3. The van der Waals surface area contributed by atoms with Gasteiger partial charge in [-0.05, 0) is 39.5 Å². The summed E-state index contributed by atoms with van der Waals surface area (Å²) in [6.07, 6.45) is 2.96. The van der Waals surface area contributed by atoms with Gasteiger partial charge in [0.15, 0.2) is 0 Å². The van der Waals surface area contributed by atoms with Gasteiger partial charge in [-0.3, -0.25) is 4.90 Å². The minimum absolute atomic E-state index is 0.258. The summed E-state index contributed by atoms with van der Waals surface area (Å²) in [6, 6.07) is 0. The first-order chi connectivity index (χ1) is 8.03. The van der Waals surface area contributed by atoms with E-state index < -0.39 is 0 Å². The van der Waals surface area contributed by atoms with Gasteiger partial charge in [0.2, 0.25) is 0 Å². The first-order valence-corrected chi connectivity index (χ1v) is 7.23. The van der Waals surface area contributed by atoms with E-state index in [-0.39, 0.29) is 5.54 Å². The van der Waals surface area contributed by atoms with Gasteiger partial charge < -0.3 is 10.2 Å². The Bertz CT molecular complexity index is 222. The van der Waals surface area contributed by atoms with Crippen molar-refractivity contribution >= 4 is 0 Å². The second kappa shape index (κ2) is 5.68. The monoisotopic (exact) mass is 239 g/mol. The molecule has 0 aromatic carbocycles. The van der Waals surface area contributed by atoms with Crippen LogP contribution in [0, 0.1) is 5.92 Å². The van der Waals surface area contributed by atoms with Crippen LogP contribution in [0.3, 0.4) is 0 Å². The maximum absolute atomic E-state index is 3.57. The van der Waals surface area contributed by atoms with Crippen molar-refractivity contribution < 1.29 is 0 Å². The number of piperazine rings is 1. The summed E-state index contributed by atoms with van der Waals surface area (Å²) in [4.78, 5) is 5.26. The normalized spacial score (nSPS) is 24.2. The van der Waals surface area contributed by atoms with Gasteiger partial charge in [-0.2, -0.15) is 0 Å². The lowest BCUT2D eigenvalue weighted by Gasteiger charge is -2.35. The molecule has 3 nitrogen and oxygen atoms in total. The third kappa shape index (κ3) is 5.36. The molecule has 0 unspecified atom stereocenters. The van der Waals surface area contributed by atoms with Crippen LogP contribution in [0.1, 0.15) is 33.6 Å². The van der Waals surface area contributed by atoms with Crippen molar-refractivity contribution in [3.63, 3.8) is 0 Å². The summed E-state index contributed by atoms with van der Waals surface area (Å²) in [5, 5.41) is 3.57. The highest BCUT2D eigenvalue weighted by molar-refractivity contribution is 4.81. The van der Waals surface area contributed by atoms with Crippen molar-refractivity contribution in [1.29, 1.82) is 0 Å². The summed E-state index contributed by atoms with van der Waals surface area (Å²) in [6.45, 7) is 15.5. The lowest BCUT2D eigenvalue weighted by Crippen LogP contribution is -2.49. The minimum atomic E-state index is 0.258. The van der Waals surface area contributed by atoms with Gasteiger partial charge >= 0.3 is 0 Å². The van der Waals surface area contributed by atoms with Gasteiger partial charge in [0.1, 0.15) is 0 Å². The molecule has 0 bridgehead atoms. The molecule has 0 atom stereocenters. The van der Waals surface area contributed by atoms with Crippen LogP contribution in [0.25, 0.3) is 0 Å².